The average Bonchev–Trinajstić information content (AvgIpc) is 2.90. The summed E-state index contributed by atoms with van der Waals surface area (Å²) in [6, 6.07) is 5.76. The lowest BCUT2D eigenvalue weighted by molar-refractivity contribution is -0.144. The lowest BCUT2D eigenvalue weighted by Gasteiger charge is -2.11. The number of carbonyl (C=O) groups is 3. The summed E-state index contributed by atoms with van der Waals surface area (Å²) >= 11 is 0. The number of nitrogens with one attached hydrogen (secondary N) is 1. The Morgan fingerprint density at radius 1 is 1.32 bits per heavy atom. The number of hydrogen-bond donors (Lipinski definition) is 1. The zero-order valence-corrected chi connectivity index (χ0v) is 14.2. The van der Waals surface area contributed by atoms with Gasteiger partial charge in [0.1, 0.15) is 12.4 Å². The molecule has 1 aliphatic heterocycles. The summed E-state index contributed by atoms with van der Waals surface area (Å²) in [6.07, 6.45) is 5.64. The van der Waals surface area contributed by atoms with Crippen LogP contribution in [0.4, 0.5) is 0 Å². The second-order valence-corrected chi connectivity index (χ2v) is 5.65. The largest absolute Gasteiger partial charge is 0.496 e. The van der Waals surface area contributed by atoms with E-state index in [1.165, 1.54) is 0 Å². The van der Waals surface area contributed by atoms with Crippen LogP contribution in [0.2, 0.25) is 0 Å². The third-order valence-electron chi connectivity index (χ3n) is 3.78. The molecule has 1 aliphatic rings. The smallest absolute Gasteiger partial charge is 0.310 e. The molecule has 1 N–H and O–H groups in total. The molecular weight excluding hydrogens is 322 g/mol. The molecule has 1 aromatic carbocycles. The number of imide groups is 1. The number of rotatable bonds is 9. The Bertz CT molecular complexity index is 721. The van der Waals surface area contributed by atoms with Crippen molar-refractivity contribution in [2.75, 3.05) is 7.11 Å². The molecule has 0 fully saturated rings. The van der Waals surface area contributed by atoms with Crippen LogP contribution in [0.1, 0.15) is 30.4 Å². The molecule has 0 aliphatic carbocycles. The van der Waals surface area contributed by atoms with Crippen LogP contribution in [0, 0.1) is 0 Å². The molecule has 2 rings (SSSR count). The first kappa shape index (κ1) is 18.4. The van der Waals surface area contributed by atoms with Gasteiger partial charge in [0.25, 0.3) is 11.8 Å². The SMILES string of the molecule is C=CCCCc1ccc(COC(=O)CC2=CC(=O)NC2=O)c(OC)c1. The van der Waals surface area contributed by atoms with Gasteiger partial charge in [0, 0.05) is 17.2 Å². The molecule has 0 saturated carbocycles. The van der Waals surface area contributed by atoms with E-state index in [0.29, 0.717) is 5.75 Å². The van der Waals surface area contributed by atoms with Gasteiger partial charge in [-0.1, -0.05) is 18.2 Å². The van der Waals surface area contributed by atoms with Gasteiger partial charge in [-0.05, 0) is 30.9 Å². The van der Waals surface area contributed by atoms with Crippen LogP contribution in [0.5, 0.6) is 5.75 Å². The van der Waals surface area contributed by atoms with Gasteiger partial charge in [0.15, 0.2) is 0 Å². The molecule has 0 bridgehead atoms. The first-order valence-corrected chi connectivity index (χ1v) is 8.01. The van der Waals surface area contributed by atoms with Crippen molar-refractivity contribution in [1.82, 2.24) is 5.32 Å². The summed E-state index contributed by atoms with van der Waals surface area (Å²) in [5, 5.41) is 2.09. The molecule has 1 aromatic rings. The Kier molecular flexibility index (Phi) is 6.51. The highest BCUT2D eigenvalue weighted by Crippen LogP contribution is 2.22. The van der Waals surface area contributed by atoms with E-state index in [0.717, 1.165) is 36.5 Å². The molecule has 0 saturated heterocycles. The highest BCUT2D eigenvalue weighted by molar-refractivity contribution is 6.17. The summed E-state index contributed by atoms with van der Waals surface area (Å²) in [5.74, 6) is -0.991. The predicted octanol–water partition coefficient (Wildman–Crippen LogP) is 2.22. The van der Waals surface area contributed by atoms with Crippen molar-refractivity contribution in [3.63, 3.8) is 0 Å². The Balaban J connectivity index is 1.92. The molecule has 0 unspecified atom stereocenters. The number of methoxy groups -OCH3 is 1. The van der Waals surface area contributed by atoms with E-state index in [1.807, 2.05) is 24.3 Å². The quantitative estimate of drug-likeness (QED) is 0.322. The molecule has 6 nitrogen and oxygen atoms in total. The van der Waals surface area contributed by atoms with Crippen LogP contribution in [-0.4, -0.2) is 24.9 Å². The third kappa shape index (κ3) is 5.31. The zero-order chi connectivity index (χ0) is 18.2. The molecule has 25 heavy (non-hydrogen) atoms. The maximum atomic E-state index is 11.9. The molecule has 6 heteroatoms. The van der Waals surface area contributed by atoms with E-state index >= 15 is 0 Å². The first-order valence-electron chi connectivity index (χ1n) is 8.01. The van der Waals surface area contributed by atoms with E-state index < -0.39 is 17.8 Å². The number of allylic oxidation sites excluding steroid dienone is 1. The fourth-order valence-corrected chi connectivity index (χ4v) is 2.46. The lowest BCUT2D eigenvalue weighted by Crippen LogP contribution is -2.23. The van der Waals surface area contributed by atoms with Gasteiger partial charge in [-0.3, -0.25) is 19.7 Å². The molecule has 132 valence electrons. The number of benzene rings is 1. The first-order chi connectivity index (χ1) is 12.0. The minimum atomic E-state index is -0.576. The van der Waals surface area contributed by atoms with E-state index in [4.69, 9.17) is 9.47 Å². The highest BCUT2D eigenvalue weighted by atomic mass is 16.5. The standard InChI is InChI=1S/C19H21NO5/c1-3-4-5-6-13-7-8-14(16(9-13)24-2)12-25-18(22)11-15-10-17(21)20-19(15)23/h3,7-10H,1,4-6,11-12H2,2H3,(H,20,21,23). The number of unbranched alkanes of at least 4 members (excludes halogenated alkanes) is 1. The second kappa shape index (κ2) is 8.82. The Labute approximate surface area is 146 Å². The number of hydrogen-bond acceptors (Lipinski definition) is 5. The third-order valence-corrected chi connectivity index (χ3v) is 3.78. The van der Waals surface area contributed by atoms with Crippen LogP contribution >= 0.6 is 0 Å². The van der Waals surface area contributed by atoms with Gasteiger partial charge in [-0.2, -0.15) is 0 Å². The molecule has 1 heterocycles. The molecule has 0 atom stereocenters. The second-order valence-electron chi connectivity index (χ2n) is 5.65. The average molecular weight is 343 g/mol. The number of amides is 2. The van der Waals surface area contributed by atoms with Gasteiger partial charge in [-0.25, -0.2) is 0 Å². The number of carbonyl (C=O) groups excluding carboxylic acids is 3. The summed E-state index contributed by atoms with van der Waals surface area (Å²) in [5.41, 5.74) is 1.99. The number of ether oxygens (including phenoxy) is 2. The van der Waals surface area contributed by atoms with E-state index in [-0.39, 0.29) is 18.6 Å². The lowest BCUT2D eigenvalue weighted by atomic mass is 10.1. The molecule has 0 radical (unpaired) electrons. The van der Waals surface area contributed by atoms with E-state index in [2.05, 4.69) is 11.9 Å². The summed E-state index contributed by atoms with van der Waals surface area (Å²) in [6.45, 7) is 3.74. The Morgan fingerprint density at radius 2 is 2.12 bits per heavy atom. The molecule has 2 amide bonds. The Hall–Kier alpha value is -2.89. The van der Waals surface area contributed by atoms with Crippen molar-refractivity contribution in [1.29, 1.82) is 0 Å². The highest BCUT2D eigenvalue weighted by Gasteiger charge is 2.23. The van der Waals surface area contributed by atoms with Crippen LogP contribution in [-0.2, 0) is 32.1 Å². The maximum absolute atomic E-state index is 11.9. The molecular formula is C19H21NO5. The van der Waals surface area contributed by atoms with Crippen LogP contribution in [0.25, 0.3) is 0 Å². The van der Waals surface area contributed by atoms with E-state index in [1.54, 1.807) is 7.11 Å². The van der Waals surface area contributed by atoms with E-state index in [9.17, 15) is 14.4 Å². The van der Waals surface area contributed by atoms with Crippen LogP contribution in [0.3, 0.4) is 0 Å². The van der Waals surface area contributed by atoms with Crippen molar-refractivity contribution >= 4 is 17.8 Å². The van der Waals surface area contributed by atoms with Crippen LogP contribution in [0.15, 0.2) is 42.5 Å². The van der Waals surface area contributed by atoms with Gasteiger partial charge in [0.05, 0.1) is 13.5 Å². The normalized spacial score (nSPS) is 13.2. The van der Waals surface area contributed by atoms with Gasteiger partial charge >= 0.3 is 5.97 Å². The Morgan fingerprint density at radius 3 is 2.76 bits per heavy atom. The minimum absolute atomic E-state index is 0.0395. The van der Waals surface area contributed by atoms with Crippen LogP contribution < -0.4 is 10.1 Å². The predicted molar refractivity (Wildman–Crippen MR) is 91.8 cm³/mol. The summed E-state index contributed by atoms with van der Waals surface area (Å²) in [4.78, 5) is 34.3. The zero-order valence-electron chi connectivity index (χ0n) is 14.2. The number of aryl methyl sites for hydroxylation is 1. The van der Waals surface area contributed by atoms with Gasteiger partial charge < -0.3 is 9.47 Å². The maximum Gasteiger partial charge on any atom is 0.310 e. The van der Waals surface area contributed by atoms with Crippen molar-refractivity contribution in [3.05, 3.63) is 53.6 Å². The molecule has 0 aromatic heterocycles. The van der Waals surface area contributed by atoms with Gasteiger partial charge in [0.2, 0.25) is 0 Å². The number of esters is 1. The van der Waals surface area contributed by atoms with Crippen molar-refractivity contribution in [2.24, 2.45) is 0 Å². The fourth-order valence-electron chi connectivity index (χ4n) is 2.46. The minimum Gasteiger partial charge on any atom is -0.496 e. The van der Waals surface area contributed by atoms with Gasteiger partial charge in [-0.15, -0.1) is 6.58 Å². The fraction of sp³-hybridized carbons (Fsp3) is 0.316. The topological polar surface area (TPSA) is 81.7 Å². The van der Waals surface area contributed by atoms with Crippen molar-refractivity contribution in [3.8, 4) is 5.75 Å². The van der Waals surface area contributed by atoms with Crippen molar-refractivity contribution < 1.29 is 23.9 Å². The monoisotopic (exact) mass is 343 g/mol. The summed E-state index contributed by atoms with van der Waals surface area (Å²) in [7, 11) is 1.56. The molecule has 0 spiro atoms. The van der Waals surface area contributed by atoms with Crippen molar-refractivity contribution in [2.45, 2.75) is 32.3 Å². The summed E-state index contributed by atoms with van der Waals surface area (Å²) < 4.78 is 10.5.